The van der Waals surface area contributed by atoms with Crippen LogP contribution in [0.15, 0.2) is 18.2 Å². The van der Waals surface area contributed by atoms with Gasteiger partial charge in [0.2, 0.25) is 0 Å². The molecule has 4 heteroatoms. The zero-order valence-electron chi connectivity index (χ0n) is 11.4. The summed E-state index contributed by atoms with van der Waals surface area (Å²) in [5, 5.41) is 8.94. The van der Waals surface area contributed by atoms with Gasteiger partial charge in [-0.3, -0.25) is 4.90 Å². The predicted molar refractivity (Wildman–Crippen MR) is 71.6 cm³/mol. The van der Waals surface area contributed by atoms with Gasteiger partial charge in [0.1, 0.15) is 5.82 Å². The highest BCUT2D eigenvalue weighted by atomic mass is 19.1. The summed E-state index contributed by atoms with van der Waals surface area (Å²) < 4.78 is 14.1. The van der Waals surface area contributed by atoms with E-state index >= 15 is 0 Å². The van der Waals surface area contributed by atoms with Gasteiger partial charge >= 0.3 is 5.97 Å². The molecule has 1 aliphatic rings. The van der Waals surface area contributed by atoms with Crippen molar-refractivity contribution in [1.29, 1.82) is 0 Å². The first-order valence-electron chi connectivity index (χ1n) is 6.75. The number of hydrogen-bond donors (Lipinski definition) is 1. The Morgan fingerprint density at radius 2 is 2.26 bits per heavy atom. The zero-order chi connectivity index (χ0) is 14.0. The van der Waals surface area contributed by atoms with Gasteiger partial charge in [-0.05, 0) is 31.4 Å². The van der Waals surface area contributed by atoms with Crippen molar-refractivity contribution in [2.75, 3.05) is 6.54 Å². The van der Waals surface area contributed by atoms with Crippen molar-refractivity contribution < 1.29 is 14.3 Å². The van der Waals surface area contributed by atoms with Gasteiger partial charge in [0.15, 0.2) is 0 Å². The van der Waals surface area contributed by atoms with Gasteiger partial charge in [-0.1, -0.05) is 26.0 Å². The van der Waals surface area contributed by atoms with Crippen LogP contribution in [0.25, 0.3) is 0 Å². The van der Waals surface area contributed by atoms with Crippen molar-refractivity contribution in [3.05, 3.63) is 35.1 Å². The Bertz CT molecular complexity index is 473. The quantitative estimate of drug-likeness (QED) is 0.909. The third-order valence-electron chi connectivity index (χ3n) is 3.87. The van der Waals surface area contributed by atoms with Crippen LogP contribution >= 0.6 is 0 Å². The maximum atomic E-state index is 14.1. The minimum absolute atomic E-state index is 0.238. The summed E-state index contributed by atoms with van der Waals surface area (Å²) >= 11 is 0. The highest BCUT2D eigenvalue weighted by Gasteiger charge is 2.28. The molecule has 1 heterocycles. The topological polar surface area (TPSA) is 40.5 Å². The number of rotatable bonds is 4. The average Bonchev–Trinajstić information content (AvgIpc) is 2.79. The molecule has 0 radical (unpaired) electrons. The summed E-state index contributed by atoms with van der Waals surface area (Å²) in [6.45, 7) is 5.80. The molecule has 1 unspecified atom stereocenters. The number of aromatic carboxylic acids is 1. The number of carbonyl (C=O) groups is 1. The van der Waals surface area contributed by atoms with Crippen LogP contribution in [0, 0.1) is 11.7 Å². The summed E-state index contributed by atoms with van der Waals surface area (Å²) in [5.74, 6) is -1.26. The standard InChI is InChI=1S/C15H20FNO2/c1-10(2)13-7-4-8-17(13)9-11-5-3-6-12(14(11)16)15(18)19/h3,5-6,10,13H,4,7-9H2,1-2H3,(H,18,19). The van der Waals surface area contributed by atoms with E-state index < -0.39 is 11.8 Å². The van der Waals surface area contributed by atoms with E-state index in [2.05, 4.69) is 18.7 Å². The van der Waals surface area contributed by atoms with Crippen LogP contribution in [0.1, 0.15) is 42.6 Å². The van der Waals surface area contributed by atoms with E-state index in [-0.39, 0.29) is 5.56 Å². The van der Waals surface area contributed by atoms with E-state index in [1.165, 1.54) is 6.07 Å². The molecule has 0 aliphatic carbocycles. The lowest BCUT2D eigenvalue weighted by Gasteiger charge is -2.27. The molecule has 1 atom stereocenters. The minimum Gasteiger partial charge on any atom is -0.478 e. The van der Waals surface area contributed by atoms with E-state index in [0.29, 0.717) is 24.1 Å². The lowest BCUT2D eigenvalue weighted by Crippen LogP contribution is -2.33. The Kier molecular flexibility index (Phi) is 4.20. The summed E-state index contributed by atoms with van der Waals surface area (Å²) in [5.41, 5.74) is 0.241. The molecular formula is C15H20FNO2. The molecule has 19 heavy (non-hydrogen) atoms. The van der Waals surface area contributed by atoms with Gasteiger partial charge in [-0.15, -0.1) is 0 Å². The predicted octanol–water partition coefficient (Wildman–Crippen LogP) is 3.14. The summed E-state index contributed by atoms with van der Waals surface area (Å²) in [6.07, 6.45) is 2.26. The zero-order valence-corrected chi connectivity index (χ0v) is 11.4. The fourth-order valence-electron chi connectivity index (χ4n) is 2.89. The van der Waals surface area contributed by atoms with Crippen molar-refractivity contribution in [1.82, 2.24) is 4.90 Å². The first-order chi connectivity index (χ1) is 9.00. The van der Waals surface area contributed by atoms with Gasteiger partial charge in [0, 0.05) is 18.2 Å². The highest BCUT2D eigenvalue weighted by Crippen LogP contribution is 2.26. The Hall–Kier alpha value is -1.42. The third kappa shape index (κ3) is 2.95. The molecule has 1 saturated heterocycles. The molecule has 3 nitrogen and oxygen atoms in total. The molecule has 0 spiro atoms. The van der Waals surface area contributed by atoms with E-state index in [4.69, 9.17) is 5.11 Å². The lowest BCUT2D eigenvalue weighted by atomic mass is 10.0. The van der Waals surface area contributed by atoms with E-state index in [0.717, 1.165) is 19.4 Å². The Morgan fingerprint density at radius 3 is 2.89 bits per heavy atom. The fraction of sp³-hybridized carbons (Fsp3) is 0.533. The number of carboxylic acids is 1. The Balaban J connectivity index is 2.19. The molecule has 1 fully saturated rings. The van der Waals surface area contributed by atoms with Gasteiger partial charge in [0.25, 0.3) is 0 Å². The molecular weight excluding hydrogens is 245 g/mol. The summed E-state index contributed by atoms with van der Waals surface area (Å²) in [4.78, 5) is 13.2. The van der Waals surface area contributed by atoms with E-state index in [1.54, 1.807) is 12.1 Å². The average molecular weight is 265 g/mol. The van der Waals surface area contributed by atoms with Crippen molar-refractivity contribution in [3.63, 3.8) is 0 Å². The number of carboxylic acid groups (broad SMARTS) is 1. The lowest BCUT2D eigenvalue weighted by molar-refractivity contribution is 0.0691. The van der Waals surface area contributed by atoms with E-state index in [1.807, 2.05) is 0 Å². The number of likely N-dealkylation sites (tertiary alicyclic amines) is 1. The maximum Gasteiger partial charge on any atom is 0.338 e. The van der Waals surface area contributed by atoms with Crippen molar-refractivity contribution >= 4 is 5.97 Å². The molecule has 2 rings (SSSR count). The largest absolute Gasteiger partial charge is 0.478 e. The second kappa shape index (κ2) is 5.70. The molecule has 1 aromatic rings. The van der Waals surface area contributed by atoms with Gasteiger partial charge in [-0.2, -0.15) is 0 Å². The van der Waals surface area contributed by atoms with E-state index in [9.17, 15) is 9.18 Å². The first-order valence-corrected chi connectivity index (χ1v) is 6.75. The van der Waals surface area contributed by atoms with Crippen LogP contribution < -0.4 is 0 Å². The second-order valence-corrected chi connectivity index (χ2v) is 5.51. The summed E-state index contributed by atoms with van der Waals surface area (Å²) in [6, 6.07) is 5.07. The van der Waals surface area contributed by atoms with Gasteiger partial charge < -0.3 is 5.11 Å². The van der Waals surface area contributed by atoms with Crippen molar-refractivity contribution in [3.8, 4) is 0 Å². The smallest absolute Gasteiger partial charge is 0.338 e. The normalized spacial score (nSPS) is 20.1. The van der Waals surface area contributed by atoms with Crippen LogP contribution in [0.2, 0.25) is 0 Å². The number of benzene rings is 1. The van der Waals surface area contributed by atoms with Crippen LogP contribution in [0.5, 0.6) is 0 Å². The minimum atomic E-state index is -1.21. The molecule has 1 aliphatic heterocycles. The van der Waals surface area contributed by atoms with Gasteiger partial charge in [0.05, 0.1) is 5.56 Å². The molecule has 1 aromatic carbocycles. The molecule has 104 valence electrons. The SMILES string of the molecule is CC(C)C1CCCN1Cc1cccc(C(=O)O)c1F. The number of nitrogens with zero attached hydrogens (tertiary/aromatic N) is 1. The Morgan fingerprint density at radius 1 is 1.53 bits per heavy atom. The van der Waals surface area contributed by atoms with Crippen LogP contribution in [0.3, 0.4) is 0 Å². The molecule has 0 saturated carbocycles. The second-order valence-electron chi connectivity index (χ2n) is 5.51. The number of halogens is 1. The fourth-order valence-corrected chi connectivity index (χ4v) is 2.89. The molecule has 0 aromatic heterocycles. The summed E-state index contributed by atoms with van der Waals surface area (Å²) in [7, 11) is 0. The molecule has 1 N–H and O–H groups in total. The molecule has 0 amide bonds. The monoisotopic (exact) mass is 265 g/mol. The first kappa shape index (κ1) is 14.0. The van der Waals surface area contributed by atoms with Crippen LogP contribution in [-0.4, -0.2) is 28.6 Å². The van der Waals surface area contributed by atoms with Gasteiger partial charge in [-0.25, -0.2) is 9.18 Å². The maximum absolute atomic E-state index is 14.1. The Labute approximate surface area is 113 Å². The highest BCUT2D eigenvalue weighted by molar-refractivity contribution is 5.88. The van der Waals surface area contributed by atoms with Crippen LogP contribution in [0.4, 0.5) is 4.39 Å². The van der Waals surface area contributed by atoms with Crippen molar-refractivity contribution in [2.45, 2.75) is 39.3 Å². The molecule has 0 bridgehead atoms. The van der Waals surface area contributed by atoms with Crippen molar-refractivity contribution in [2.24, 2.45) is 5.92 Å². The van der Waals surface area contributed by atoms with Crippen LogP contribution in [-0.2, 0) is 6.54 Å². The third-order valence-corrected chi connectivity index (χ3v) is 3.87. The number of hydrogen-bond acceptors (Lipinski definition) is 2.